The van der Waals surface area contributed by atoms with Gasteiger partial charge in [-0.15, -0.1) is 5.10 Å². The van der Waals surface area contributed by atoms with Crippen molar-refractivity contribution in [1.29, 1.82) is 0 Å². The average Bonchev–Trinajstić information content (AvgIpc) is 2.94. The highest BCUT2D eigenvalue weighted by Gasteiger charge is 2.17. The molecule has 1 heterocycles. The summed E-state index contributed by atoms with van der Waals surface area (Å²) in [7, 11) is 0. The summed E-state index contributed by atoms with van der Waals surface area (Å²) < 4.78 is 6.45. The average molecular weight is 293 g/mol. The number of nitrogens with two attached hydrogens (primary N) is 1. The van der Waals surface area contributed by atoms with Gasteiger partial charge in [0.05, 0.1) is 12.3 Å². The van der Waals surface area contributed by atoms with Gasteiger partial charge in [0, 0.05) is 5.75 Å². The molecule has 20 heavy (non-hydrogen) atoms. The molecule has 0 radical (unpaired) electrons. The van der Waals surface area contributed by atoms with Gasteiger partial charge in [0.2, 0.25) is 5.16 Å². The van der Waals surface area contributed by atoms with Crippen LogP contribution in [-0.2, 0) is 9.53 Å². The molecule has 0 fully saturated rings. The number of hydrogen-bond donors (Lipinski definition) is 1. The summed E-state index contributed by atoms with van der Waals surface area (Å²) in [6, 6.07) is 8.81. The lowest BCUT2D eigenvalue weighted by atomic mass is 10.3. The van der Waals surface area contributed by atoms with Crippen LogP contribution in [0.25, 0.3) is 5.69 Å². The van der Waals surface area contributed by atoms with E-state index in [1.54, 1.807) is 11.6 Å². The number of carbonyl (C=O) groups excluding carboxylic acids is 1. The number of hydrogen-bond acceptors (Lipinski definition) is 7. The minimum Gasteiger partial charge on any atom is -0.465 e. The number of ether oxygens (including phenoxy) is 1. The van der Waals surface area contributed by atoms with Crippen molar-refractivity contribution in [3.63, 3.8) is 0 Å². The Hall–Kier alpha value is -1.93. The molecule has 0 saturated heterocycles. The molecule has 0 aliphatic carbocycles. The van der Waals surface area contributed by atoms with Crippen molar-refractivity contribution in [3.8, 4) is 5.69 Å². The third-order valence-electron chi connectivity index (χ3n) is 2.42. The standard InChI is InChI=1S/C12H15N5O2S/c1-2-19-11(18)10(13)8-20-12-14-15-16-17(12)9-6-4-3-5-7-9/h3-7,10H,2,8,13H2,1H3. The summed E-state index contributed by atoms with van der Waals surface area (Å²) in [5.41, 5.74) is 6.59. The van der Waals surface area contributed by atoms with Crippen LogP contribution in [0.1, 0.15) is 6.92 Å². The van der Waals surface area contributed by atoms with Gasteiger partial charge in [-0.1, -0.05) is 30.0 Å². The Bertz CT molecular complexity index is 560. The summed E-state index contributed by atoms with van der Waals surface area (Å²) in [5, 5.41) is 12.1. The molecule has 7 nitrogen and oxygen atoms in total. The normalized spacial score (nSPS) is 12.1. The van der Waals surface area contributed by atoms with E-state index >= 15 is 0 Å². The number of carbonyl (C=O) groups is 1. The predicted molar refractivity (Wildman–Crippen MR) is 74.5 cm³/mol. The van der Waals surface area contributed by atoms with Gasteiger partial charge in [-0.05, 0) is 29.5 Å². The van der Waals surface area contributed by atoms with Crippen molar-refractivity contribution in [2.75, 3.05) is 12.4 Å². The van der Waals surface area contributed by atoms with E-state index in [-0.39, 0.29) is 0 Å². The van der Waals surface area contributed by atoms with Crippen molar-refractivity contribution < 1.29 is 9.53 Å². The van der Waals surface area contributed by atoms with Crippen LogP contribution < -0.4 is 5.73 Å². The quantitative estimate of drug-likeness (QED) is 0.617. The van der Waals surface area contributed by atoms with E-state index in [4.69, 9.17) is 10.5 Å². The van der Waals surface area contributed by atoms with E-state index in [1.807, 2.05) is 30.3 Å². The third-order valence-corrected chi connectivity index (χ3v) is 3.46. The number of thioether (sulfide) groups is 1. The second-order valence-corrected chi connectivity index (χ2v) is 4.87. The minimum absolute atomic E-state index is 0.318. The largest absolute Gasteiger partial charge is 0.465 e. The van der Waals surface area contributed by atoms with E-state index in [2.05, 4.69) is 15.5 Å². The molecule has 106 valence electrons. The van der Waals surface area contributed by atoms with Gasteiger partial charge in [-0.3, -0.25) is 4.79 Å². The maximum absolute atomic E-state index is 11.4. The van der Waals surface area contributed by atoms with Gasteiger partial charge in [0.1, 0.15) is 6.04 Å². The highest BCUT2D eigenvalue weighted by Crippen LogP contribution is 2.18. The molecule has 0 amide bonds. The smallest absolute Gasteiger partial charge is 0.323 e. The summed E-state index contributed by atoms with van der Waals surface area (Å²) in [4.78, 5) is 11.4. The lowest BCUT2D eigenvalue weighted by Crippen LogP contribution is -2.34. The van der Waals surface area contributed by atoms with Crippen molar-refractivity contribution in [2.24, 2.45) is 5.73 Å². The summed E-state index contributed by atoms with van der Waals surface area (Å²) >= 11 is 1.31. The first-order valence-electron chi connectivity index (χ1n) is 6.11. The molecule has 2 N–H and O–H groups in total. The van der Waals surface area contributed by atoms with E-state index in [0.29, 0.717) is 17.5 Å². The first-order chi connectivity index (χ1) is 9.72. The van der Waals surface area contributed by atoms with Crippen LogP contribution in [0.4, 0.5) is 0 Å². The molecular weight excluding hydrogens is 278 g/mol. The number of nitrogens with zero attached hydrogens (tertiary/aromatic N) is 4. The second kappa shape index (κ2) is 7.01. The van der Waals surface area contributed by atoms with E-state index in [1.165, 1.54) is 11.8 Å². The molecule has 0 bridgehead atoms. The van der Waals surface area contributed by atoms with Crippen LogP contribution >= 0.6 is 11.8 Å². The SMILES string of the molecule is CCOC(=O)C(N)CSc1nnnn1-c1ccccc1. The first kappa shape index (κ1) is 14.5. The highest BCUT2D eigenvalue weighted by atomic mass is 32.2. The van der Waals surface area contributed by atoms with Crippen molar-refractivity contribution in [3.05, 3.63) is 30.3 Å². The fourth-order valence-electron chi connectivity index (χ4n) is 1.48. The van der Waals surface area contributed by atoms with Crippen LogP contribution in [0.3, 0.4) is 0 Å². The lowest BCUT2D eigenvalue weighted by molar-refractivity contribution is -0.144. The Kier molecular flexibility index (Phi) is 5.08. The van der Waals surface area contributed by atoms with Gasteiger partial charge in [-0.2, -0.15) is 4.68 Å². The van der Waals surface area contributed by atoms with Gasteiger partial charge < -0.3 is 10.5 Å². The highest BCUT2D eigenvalue weighted by molar-refractivity contribution is 7.99. The van der Waals surface area contributed by atoms with Crippen molar-refractivity contribution in [2.45, 2.75) is 18.1 Å². The molecule has 2 rings (SSSR count). The van der Waals surface area contributed by atoms with E-state index < -0.39 is 12.0 Å². The van der Waals surface area contributed by atoms with Crippen LogP contribution in [-0.4, -0.2) is 44.6 Å². The Balaban J connectivity index is 2.01. The third kappa shape index (κ3) is 3.55. The number of aromatic nitrogens is 4. The molecule has 1 atom stereocenters. The van der Waals surface area contributed by atoms with Crippen LogP contribution in [0.15, 0.2) is 35.5 Å². The molecule has 0 aliphatic rings. The predicted octanol–water partition coefficient (Wildman–Crippen LogP) is 0.645. The Morgan fingerprint density at radius 1 is 1.45 bits per heavy atom. The van der Waals surface area contributed by atoms with Crippen molar-refractivity contribution in [1.82, 2.24) is 20.2 Å². The van der Waals surface area contributed by atoms with E-state index in [9.17, 15) is 4.79 Å². The molecule has 1 aromatic carbocycles. The lowest BCUT2D eigenvalue weighted by Gasteiger charge is -2.09. The van der Waals surface area contributed by atoms with Gasteiger partial charge in [0.25, 0.3) is 0 Å². The molecule has 0 saturated carbocycles. The zero-order valence-electron chi connectivity index (χ0n) is 11.0. The Morgan fingerprint density at radius 2 is 2.20 bits per heavy atom. The number of para-hydroxylation sites is 1. The van der Waals surface area contributed by atoms with Crippen molar-refractivity contribution >= 4 is 17.7 Å². The number of rotatable bonds is 6. The Labute approximate surface area is 120 Å². The molecule has 0 spiro atoms. The monoisotopic (exact) mass is 293 g/mol. The zero-order chi connectivity index (χ0) is 14.4. The summed E-state index contributed by atoms with van der Waals surface area (Å²) in [6.07, 6.45) is 0. The molecule has 0 aliphatic heterocycles. The molecule has 8 heteroatoms. The van der Waals surface area contributed by atoms with E-state index in [0.717, 1.165) is 5.69 Å². The second-order valence-electron chi connectivity index (χ2n) is 3.88. The van der Waals surface area contributed by atoms with Crippen LogP contribution in [0.2, 0.25) is 0 Å². The number of esters is 1. The fourth-order valence-corrected chi connectivity index (χ4v) is 2.30. The fraction of sp³-hybridized carbons (Fsp3) is 0.333. The maximum atomic E-state index is 11.4. The molecule has 1 aromatic heterocycles. The topological polar surface area (TPSA) is 95.9 Å². The van der Waals surface area contributed by atoms with Gasteiger partial charge >= 0.3 is 5.97 Å². The summed E-state index contributed by atoms with van der Waals surface area (Å²) in [6.45, 7) is 2.06. The van der Waals surface area contributed by atoms with Gasteiger partial charge in [0.15, 0.2) is 0 Å². The summed E-state index contributed by atoms with van der Waals surface area (Å²) in [5.74, 6) is -0.0646. The minimum atomic E-state index is -0.694. The molecule has 1 unspecified atom stereocenters. The molecule has 2 aromatic rings. The van der Waals surface area contributed by atoms with Crippen LogP contribution in [0, 0.1) is 0 Å². The first-order valence-corrected chi connectivity index (χ1v) is 7.09. The zero-order valence-corrected chi connectivity index (χ0v) is 11.8. The number of benzene rings is 1. The molecular formula is C12H15N5O2S. The van der Waals surface area contributed by atoms with Gasteiger partial charge in [-0.25, -0.2) is 0 Å². The maximum Gasteiger partial charge on any atom is 0.323 e. The number of tetrazole rings is 1. The Morgan fingerprint density at radius 3 is 2.90 bits per heavy atom. The van der Waals surface area contributed by atoms with Crippen LogP contribution in [0.5, 0.6) is 0 Å².